The molecule has 1 aliphatic rings. The topological polar surface area (TPSA) is 141 Å². The molecule has 0 unspecified atom stereocenters. The van der Waals surface area contributed by atoms with Gasteiger partial charge in [0.2, 0.25) is 0 Å². The molecule has 0 saturated heterocycles. The van der Waals surface area contributed by atoms with Gasteiger partial charge in [-0.15, -0.1) is 11.3 Å². The predicted molar refractivity (Wildman–Crippen MR) is 85.5 cm³/mol. The van der Waals surface area contributed by atoms with Crippen LogP contribution in [-0.4, -0.2) is 16.9 Å². The lowest BCUT2D eigenvalue weighted by Crippen LogP contribution is -2.22. The lowest BCUT2D eigenvalue weighted by atomic mass is 9.89. The number of aryl methyl sites for hydroxylation is 1. The van der Waals surface area contributed by atoms with Crippen molar-refractivity contribution < 1.29 is 14.5 Å². The number of nitrogens with two attached hydrogens (primary N) is 2. The molecule has 1 aliphatic carbocycles. The molecule has 3 amide bonds. The van der Waals surface area contributed by atoms with Crippen molar-refractivity contribution >= 4 is 34.0 Å². The first-order valence-corrected chi connectivity index (χ1v) is 7.49. The first-order chi connectivity index (χ1) is 10.9. The monoisotopic (exact) mass is 332 g/mol. The number of nitro groups is 1. The third kappa shape index (κ3) is 2.50. The average Bonchev–Trinajstić information content (AvgIpc) is 2.84. The van der Waals surface area contributed by atoms with Crippen LogP contribution in [0.15, 0.2) is 18.2 Å². The maximum atomic E-state index is 11.8. The van der Waals surface area contributed by atoms with Crippen LogP contribution in [-0.2, 0) is 12.8 Å². The smallest absolute Gasteiger partial charge is 0.317 e. The number of rotatable bonds is 3. The number of primary amides is 2. The Hall–Kier alpha value is -2.94. The van der Waals surface area contributed by atoms with E-state index >= 15 is 0 Å². The molecule has 2 aromatic rings. The first kappa shape index (κ1) is 15.0. The van der Waals surface area contributed by atoms with Crippen molar-refractivity contribution in [3.05, 3.63) is 45.0 Å². The molecule has 3 rings (SSSR count). The number of carbonyl (C=O) groups is 2. The predicted octanol–water partition coefficient (Wildman–Crippen LogP) is 2.01. The van der Waals surface area contributed by atoms with E-state index in [-0.39, 0.29) is 16.3 Å². The molecular weight excluding hydrogens is 320 g/mol. The van der Waals surface area contributed by atoms with E-state index in [2.05, 4.69) is 5.32 Å². The summed E-state index contributed by atoms with van der Waals surface area (Å²) in [5.41, 5.74) is 13.1. The van der Waals surface area contributed by atoms with Crippen LogP contribution in [0.5, 0.6) is 0 Å². The maximum absolute atomic E-state index is 11.8. The van der Waals surface area contributed by atoms with Crippen LogP contribution in [0.3, 0.4) is 0 Å². The van der Waals surface area contributed by atoms with Gasteiger partial charge in [0.1, 0.15) is 5.00 Å². The van der Waals surface area contributed by atoms with Gasteiger partial charge >= 0.3 is 6.03 Å². The van der Waals surface area contributed by atoms with Crippen molar-refractivity contribution in [3.63, 3.8) is 0 Å². The normalized spacial score (nSPS) is 12.2. The number of nitrogens with zero attached hydrogens (tertiary/aromatic N) is 1. The van der Waals surface area contributed by atoms with Crippen LogP contribution < -0.4 is 16.8 Å². The van der Waals surface area contributed by atoms with E-state index in [1.165, 1.54) is 12.1 Å². The van der Waals surface area contributed by atoms with E-state index in [0.29, 0.717) is 28.8 Å². The number of nitrogens with one attached hydrogen (secondary N) is 1. The Kier molecular flexibility index (Phi) is 3.49. The molecule has 0 atom stereocenters. The van der Waals surface area contributed by atoms with E-state index in [9.17, 15) is 19.7 Å². The van der Waals surface area contributed by atoms with E-state index in [0.717, 1.165) is 16.9 Å². The summed E-state index contributed by atoms with van der Waals surface area (Å²) < 4.78 is 0. The van der Waals surface area contributed by atoms with Gasteiger partial charge in [0, 0.05) is 22.6 Å². The van der Waals surface area contributed by atoms with E-state index in [4.69, 9.17) is 11.5 Å². The summed E-state index contributed by atoms with van der Waals surface area (Å²) in [5.74, 6) is -0.667. The molecule has 0 bridgehead atoms. The summed E-state index contributed by atoms with van der Waals surface area (Å²) >= 11 is 1.15. The third-order valence-corrected chi connectivity index (χ3v) is 4.86. The molecule has 0 saturated carbocycles. The van der Waals surface area contributed by atoms with Gasteiger partial charge in [0.15, 0.2) is 0 Å². The quantitative estimate of drug-likeness (QED) is 0.583. The van der Waals surface area contributed by atoms with E-state index < -0.39 is 16.9 Å². The zero-order valence-electron chi connectivity index (χ0n) is 11.8. The van der Waals surface area contributed by atoms with Crippen molar-refractivity contribution in [2.75, 3.05) is 5.32 Å². The van der Waals surface area contributed by atoms with Gasteiger partial charge in [0.05, 0.1) is 10.5 Å². The minimum absolute atomic E-state index is 0.0324. The summed E-state index contributed by atoms with van der Waals surface area (Å²) in [6.45, 7) is 0. The van der Waals surface area contributed by atoms with Crippen molar-refractivity contribution in [1.82, 2.24) is 0 Å². The molecule has 0 radical (unpaired) electrons. The lowest BCUT2D eigenvalue weighted by molar-refractivity contribution is -0.384. The molecule has 5 N–H and O–H groups in total. The molecule has 8 nitrogen and oxygen atoms in total. The number of urea groups is 1. The Labute approximate surface area is 134 Å². The highest BCUT2D eigenvalue weighted by molar-refractivity contribution is 7.20. The fraction of sp³-hybridized carbons (Fsp3) is 0.143. The number of carbonyl (C=O) groups excluding carboxylic acids is 2. The molecule has 9 heteroatoms. The zero-order chi connectivity index (χ0) is 16.7. The Bertz CT molecular complexity index is 859. The second-order valence-electron chi connectivity index (χ2n) is 5.07. The van der Waals surface area contributed by atoms with Gasteiger partial charge in [-0.2, -0.15) is 0 Å². The number of amides is 3. The number of fused-ring (bicyclic) bond motifs is 3. The van der Waals surface area contributed by atoms with Crippen molar-refractivity contribution in [2.45, 2.75) is 12.8 Å². The molecule has 1 heterocycles. The summed E-state index contributed by atoms with van der Waals surface area (Å²) in [6.07, 6.45) is 1.20. The first-order valence-electron chi connectivity index (χ1n) is 6.68. The van der Waals surface area contributed by atoms with Gasteiger partial charge in [-0.3, -0.25) is 20.2 Å². The van der Waals surface area contributed by atoms with Gasteiger partial charge < -0.3 is 11.5 Å². The highest BCUT2D eigenvalue weighted by Crippen LogP contribution is 2.45. The number of hydrogen-bond donors (Lipinski definition) is 3. The van der Waals surface area contributed by atoms with E-state index in [1.807, 2.05) is 0 Å². The molecule has 118 valence electrons. The van der Waals surface area contributed by atoms with Crippen molar-refractivity contribution in [1.29, 1.82) is 0 Å². The molecular formula is C14H12N4O4S. The fourth-order valence-corrected chi connectivity index (χ4v) is 4.06. The second kappa shape index (κ2) is 5.36. The summed E-state index contributed by atoms with van der Waals surface area (Å²) in [4.78, 5) is 34.1. The van der Waals surface area contributed by atoms with Gasteiger partial charge in [0.25, 0.3) is 11.6 Å². The lowest BCUT2D eigenvalue weighted by Gasteiger charge is -2.16. The molecule has 0 fully saturated rings. The van der Waals surface area contributed by atoms with Crippen LogP contribution in [0.25, 0.3) is 10.4 Å². The number of anilines is 1. The van der Waals surface area contributed by atoms with Crippen molar-refractivity contribution in [2.24, 2.45) is 11.5 Å². The Morgan fingerprint density at radius 1 is 1.26 bits per heavy atom. The third-order valence-electron chi connectivity index (χ3n) is 3.68. The standard InChI is InChI=1S/C14H12N4O4S/c15-12(19)10-8-4-2-6-1-3-7(18(21)22)5-9(6)11(8)23-13(10)17-14(16)20/h1,3,5H,2,4H2,(H2,15,19)(H3,16,17,20). The maximum Gasteiger partial charge on any atom is 0.317 e. The molecule has 1 aromatic heterocycles. The second-order valence-corrected chi connectivity index (χ2v) is 6.09. The number of nitro benzene ring substituents is 1. The van der Waals surface area contributed by atoms with Gasteiger partial charge in [-0.05, 0) is 24.0 Å². The van der Waals surface area contributed by atoms with Crippen LogP contribution >= 0.6 is 11.3 Å². The zero-order valence-corrected chi connectivity index (χ0v) is 12.6. The minimum Gasteiger partial charge on any atom is -0.365 e. The van der Waals surface area contributed by atoms with Crippen LogP contribution in [0.2, 0.25) is 0 Å². The number of thiophene rings is 1. The van der Waals surface area contributed by atoms with Crippen molar-refractivity contribution in [3.8, 4) is 10.4 Å². The molecule has 1 aromatic carbocycles. The number of non-ortho nitro benzene ring substituents is 1. The molecule has 23 heavy (non-hydrogen) atoms. The highest BCUT2D eigenvalue weighted by atomic mass is 32.1. The highest BCUT2D eigenvalue weighted by Gasteiger charge is 2.28. The average molecular weight is 332 g/mol. The molecule has 0 aliphatic heterocycles. The largest absolute Gasteiger partial charge is 0.365 e. The van der Waals surface area contributed by atoms with Crippen LogP contribution in [0, 0.1) is 10.1 Å². The summed E-state index contributed by atoms with van der Waals surface area (Å²) in [7, 11) is 0. The number of benzene rings is 1. The number of hydrogen-bond acceptors (Lipinski definition) is 5. The van der Waals surface area contributed by atoms with Gasteiger partial charge in [-0.25, -0.2) is 4.79 Å². The fourth-order valence-electron chi connectivity index (χ4n) is 2.75. The Morgan fingerprint density at radius 3 is 2.61 bits per heavy atom. The SMILES string of the molecule is NC(=O)Nc1sc2c(c1C(N)=O)CCc1ccc([N+](=O)[O-])cc1-2. The summed E-state index contributed by atoms with van der Waals surface area (Å²) in [5, 5.41) is 13.7. The van der Waals surface area contributed by atoms with Crippen LogP contribution in [0.4, 0.5) is 15.5 Å². The Balaban J connectivity index is 2.22. The van der Waals surface area contributed by atoms with Crippen LogP contribution in [0.1, 0.15) is 21.5 Å². The Morgan fingerprint density at radius 2 is 2.00 bits per heavy atom. The minimum atomic E-state index is -0.801. The van der Waals surface area contributed by atoms with E-state index in [1.54, 1.807) is 6.07 Å². The molecule has 0 spiro atoms. The summed E-state index contributed by atoms with van der Waals surface area (Å²) in [6, 6.07) is 3.84. The van der Waals surface area contributed by atoms with Gasteiger partial charge in [-0.1, -0.05) is 6.07 Å².